The van der Waals surface area contributed by atoms with Gasteiger partial charge in [0.25, 0.3) is 0 Å². The van der Waals surface area contributed by atoms with Crippen molar-refractivity contribution < 1.29 is 0 Å². The van der Waals surface area contributed by atoms with Crippen LogP contribution in [0.2, 0.25) is 0 Å². The molecule has 0 heteroatoms. The Hall–Kier alpha value is -1.82. The quantitative estimate of drug-likeness (QED) is 0.564. The molecule has 0 aliphatic heterocycles. The van der Waals surface area contributed by atoms with E-state index in [4.69, 9.17) is 0 Å². The molecule has 0 spiro atoms. The second-order valence-electron chi connectivity index (χ2n) is 7.27. The Kier molecular flexibility index (Phi) is 4.94. The molecule has 1 aliphatic carbocycles. The number of rotatable bonds is 5. The zero-order valence-electron chi connectivity index (χ0n) is 15.9. The van der Waals surface area contributed by atoms with Crippen LogP contribution in [0.4, 0.5) is 0 Å². The second-order valence-corrected chi connectivity index (χ2v) is 7.27. The van der Waals surface area contributed by atoms with Crippen LogP contribution >= 0.6 is 0 Å². The molecular formula is C24H30. The lowest BCUT2D eigenvalue weighted by atomic mass is 9.84. The predicted octanol–water partition coefficient (Wildman–Crippen LogP) is 6.87. The Bertz CT molecular complexity index is 777. The molecule has 0 fully saturated rings. The van der Waals surface area contributed by atoms with Crippen LogP contribution in [-0.2, 0) is 12.8 Å². The molecule has 0 bridgehead atoms. The summed E-state index contributed by atoms with van der Waals surface area (Å²) >= 11 is 0. The monoisotopic (exact) mass is 318 g/mol. The van der Waals surface area contributed by atoms with Crippen molar-refractivity contribution in [2.24, 2.45) is 0 Å². The molecule has 0 N–H and O–H groups in total. The van der Waals surface area contributed by atoms with Crippen LogP contribution in [-0.4, -0.2) is 0 Å². The van der Waals surface area contributed by atoms with Gasteiger partial charge in [-0.2, -0.15) is 0 Å². The fourth-order valence-electron chi connectivity index (χ4n) is 4.27. The van der Waals surface area contributed by atoms with Crippen molar-refractivity contribution in [1.29, 1.82) is 0 Å². The highest BCUT2D eigenvalue weighted by Crippen LogP contribution is 2.45. The van der Waals surface area contributed by atoms with E-state index in [1.807, 2.05) is 0 Å². The molecule has 3 rings (SSSR count). The molecule has 126 valence electrons. The maximum Gasteiger partial charge on any atom is 0.00759 e. The first-order chi connectivity index (χ1) is 11.6. The molecule has 0 amide bonds. The molecule has 1 aliphatic rings. The molecule has 0 saturated heterocycles. The van der Waals surface area contributed by atoms with E-state index in [0.29, 0.717) is 5.92 Å². The SMILES string of the molecule is CCCc1cccc(C2=Cc3ccc(C)c(C)c3C2C)c1CCC. The van der Waals surface area contributed by atoms with Gasteiger partial charge >= 0.3 is 0 Å². The highest BCUT2D eigenvalue weighted by Gasteiger charge is 2.26. The molecule has 0 nitrogen and oxygen atoms in total. The number of benzene rings is 2. The lowest BCUT2D eigenvalue weighted by molar-refractivity contribution is 0.855. The largest absolute Gasteiger partial charge is 0.0651 e. The maximum absolute atomic E-state index is 2.44. The topological polar surface area (TPSA) is 0 Å². The number of fused-ring (bicyclic) bond motifs is 1. The van der Waals surface area contributed by atoms with Gasteiger partial charge in [0.15, 0.2) is 0 Å². The van der Waals surface area contributed by atoms with Crippen molar-refractivity contribution in [2.75, 3.05) is 0 Å². The highest BCUT2D eigenvalue weighted by atomic mass is 14.3. The van der Waals surface area contributed by atoms with Crippen molar-refractivity contribution in [1.82, 2.24) is 0 Å². The maximum atomic E-state index is 2.44. The van der Waals surface area contributed by atoms with Crippen LogP contribution in [0.3, 0.4) is 0 Å². The van der Waals surface area contributed by atoms with Crippen molar-refractivity contribution in [3.05, 3.63) is 69.3 Å². The molecule has 2 aromatic carbocycles. The van der Waals surface area contributed by atoms with Gasteiger partial charge in [0.2, 0.25) is 0 Å². The number of hydrogen-bond donors (Lipinski definition) is 0. The zero-order chi connectivity index (χ0) is 17.3. The van der Waals surface area contributed by atoms with Crippen LogP contribution in [0.5, 0.6) is 0 Å². The third-order valence-electron chi connectivity index (χ3n) is 5.63. The van der Waals surface area contributed by atoms with E-state index in [2.05, 4.69) is 71.0 Å². The smallest absolute Gasteiger partial charge is 0.00759 e. The van der Waals surface area contributed by atoms with Gasteiger partial charge in [-0.25, -0.2) is 0 Å². The summed E-state index contributed by atoms with van der Waals surface area (Å²) in [6.45, 7) is 11.5. The molecule has 0 radical (unpaired) electrons. The van der Waals surface area contributed by atoms with Gasteiger partial charge in [-0.3, -0.25) is 0 Å². The van der Waals surface area contributed by atoms with E-state index in [1.54, 1.807) is 11.1 Å². The minimum atomic E-state index is 0.493. The van der Waals surface area contributed by atoms with E-state index >= 15 is 0 Å². The zero-order valence-corrected chi connectivity index (χ0v) is 15.9. The van der Waals surface area contributed by atoms with Crippen LogP contribution in [0.1, 0.15) is 78.5 Å². The van der Waals surface area contributed by atoms with Gasteiger partial charge in [-0.1, -0.05) is 70.0 Å². The van der Waals surface area contributed by atoms with Crippen molar-refractivity contribution in [2.45, 2.75) is 66.2 Å². The van der Waals surface area contributed by atoms with Crippen LogP contribution < -0.4 is 0 Å². The lowest BCUT2D eigenvalue weighted by Crippen LogP contribution is -2.03. The third-order valence-corrected chi connectivity index (χ3v) is 5.63. The normalized spacial score (nSPS) is 16.2. The summed E-state index contributed by atoms with van der Waals surface area (Å²) in [6, 6.07) is 11.5. The fraction of sp³-hybridized carbons (Fsp3) is 0.417. The minimum absolute atomic E-state index is 0.493. The van der Waals surface area contributed by atoms with Crippen molar-refractivity contribution in [3.8, 4) is 0 Å². The molecular weight excluding hydrogens is 288 g/mol. The van der Waals surface area contributed by atoms with Crippen LogP contribution in [0.15, 0.2) is 30.3 Å². The van der Waals surface area contributed by atoms with Crippen LogP contribution in [0, 0.1) is 13.8 Å². The number of hydrogen-bond acceptors (Lipinski definition) is 0. The summed E-state index contributed by atoms with van der Waals surface area (Å²) in [5, 5.41) is 0. The van der Waals surface area contributed by atoms with Crippen LogP contribution in [0.25, 0.3) is 11.6 Å². The Balaban J connectivity index is 2.11. The standard InChI is InChI=1S/C24H30/c1-6-9-19-11-8-12-22(21(19)10-7-2)23-15-20-14-13-16(3)17(4)24(20)18(23)5/h8,11-15,18H,6-7,9-10H2,1-5H3. The number of aryl methyl sites for hydroxylation is 2. The Morgan fingerprint density at radius 1 is 0.917 bits per heavy atom. The Morgan fingerprint density at radius 2 is 1.67 bits per heavy atom. The third kappa shape index (κ3) is 2.83. The summed E-state index contributed by atoms with van der Waals surface area (Å²) in [5.41, 5.74) is 12.0. The summed E-state index contributed by atoms with van der Waals surface area (Å²) in [6.07, 6.45) is 7.24. The first kappa shape index (κ1) is 17.0. The Labute approximate surface area is 147 Å². The summed E-state index contributed by atoms with van der Waals surface area (Å²) in [4.78, 5) is 0. The van der Waals surface area contributed by atoms with Gasteiger partial charge in [0.05, 0.1) is 0 Å². The average Bonchev–Trinajstić information content (AvgIpc) is 2.90. The molecule has 0 heterocycles. The van der Waals surface area contributed by atoms with Gasteiger partial charge in [0.1, 0.15) is 0 Å². The molecule has 1 unspecified atom stereocenters. The second kappa shape index (κ2) is 6.97. The predicted molar refractivity (Wildman–Crippen MR) is 107 cm³/mol. The highest BCUT2D eigenvalue weighted by molar-refractivity contribution is 5.93. The molecule has 0 saturated carbocycles. The Morgan fingerprint density at radius 3 is 2.38 bits per heavy atom. The molecule has 0 aromatic heterocycles. The summed E-state index contributed by atoms with van der Waals surface area (Å²) < 4.78 is 0. The lowest BCUT2D eigenvalue weighted by Gasteiger charge is -2.20. The number of allylic oxidation sites excluding steroid dienone is 1. The van der Waals surface area contributed by atoms with E-state index in [1.165, 1.54) is 59.1 Å². The fourth-order valence-corrected chi connectivity index (χ4v) is 4.27. The van der Waals surface area contributed by atoms with E-state index < -0.39 is 0 Å². The van der Waals surface area contributed by atoms with Crippen molar-refractivity contribution >= 4 is 11.6 Å². The first-order valence-electron chi connectivity index (χ1n) is 9.51. The van der Waals surface area contributed by atoms with Gasteiger partial charge < -0.3 is 0 Å². The van der Waals surface area contributed by atoms with Gasteiger partial charge in [0, 0.05) is 5.92 Å². The average molecular weight is 319 g/mol. The van der Waals surface area contributed by atoms with Gasteiger partial charge in [-0.15, -0.1) is 0 Å². The summed E-state index contributed by atoms with van der Waals surface area (Å²) in [5.74, 6) is 0.493. The molecule has 2 aromatic rings. The minimum Gasteiger partial charge on any atom is -0.0651 e. The molecule has 24 heavy (non-hydrogen) atoms. The van der Waals surface area contributed by atoms with E-state index in [0.717, 1.165) is 0 Å². The molecule has 1 atom stereocenters. The summed E-state index contributed by atoms with van der Waals surface area (Å²) in [7, 11) is 0. The first-order valence-corrected chi connectivity index (χ1v) is 9.51. The van der Waals surface area contributed by atoms with Crippen molar-refractivity contribution in [3.63, 3.8) is 0 Å². The van der Waals surface area contributed by atoms with E-state index in [-0.39, 0.29) is 0 Å². The van der Waals surface area contributed by atoms with Gasteiger partial charge in [-0.05, 0) is 71.2 Å². The van der Waals surface area contributed by atoms with E-state index in [9.17, 15) is 0 Å².